The molecule has 6 heteroatoms. The molecule has 1 aliphatic rings. The molecule has 0 N–H and O–H groups in total. The predicted molar refractivity (Wildman–Crippen MR) is 92.1 cm³/mol. The third kappa shape index (κ3) is 4.08. The summed E-state index contributed by atoms with van der Waals surface area (Å²) in [5, 5.41) is 1.86. The maximum absolute atomic E-state index is 12.3. The normalized spacial score (nSPS) is 17.3. The molecule has 124 valence electrons. The van der Waals surface area contributed by atoms with E-state index in [1.807, 2.05) is 35.7 Å². The fraction of sp³-hybridized carbons (Fsp3) is 0.278. The third-order valence-electron chi connectivity index (χ3n) is 3.88. The fourth-order valence-corrected chi connectivity index (χ4v) is 3.18. The highest BCUT2D eigenvalue weighted by molar-refractivity contribution is 7.07. The van der Waals surface area contributed by atoms with Gasteiger partial charge in [-0.05, 0) is 24.5 Å². The van der Waals surface area contributed by atoms with Gasteiger partial charge < -0.3 is 9.64 Å². The Kier molecular flexibility index (Phi) is 5.38. The van der Waals surface area contributed by atoms with E-state index in [1.54, 1.807) is 16.5 Å². The molecule has 3 rings (SSSR count). The molecule has 0 saturated carbocycles. The molecule has 0 spiro atoms. The van der Waals surface area contributed by atoms with E-state index in [0.717, 1.165) is 17.7 Å². The standard InChI is InChI=1S/C18H18N2O3S/c21-17(9-8-15-12-24-13-19-15)20-10-4-7-16(20)18(22)23-11-14-5-2-1-3-6-14/h1-3,5-6,8-9,12-13,16H,4,7,10-11H2/b9-8-/t16-/m0/s1. The van der Waals surface area contributed by atoms with Gasteiger partial charge in [-0.2, -0.15) is 0 Å². The minimum absolute atomic E-state index is 0.179. The summed E-state index contributed by atoms with van der Waals surface area (Å²) in [6.45, 7) is 0.804. The molecule has 5 nitrogen and oxygen atoms in total. The van der Waals surface area contributed by atoms with E-state index in [0.29, 0.717) is 13.0 Å². The van der Waals surface area contributed by atoms with E-state index in [9.17, 15) is 9.59 Å². The van der Waals surface area contributed by atoms with Crippen LogP contribution in [0, 0.1) is 0 Å². The number of benzene rings is 1. The van der Waals surface area contributed by atoms with E-state index in [1.165, 1.54) is 17.4 Å². The Morgan fingerprint density at radius 2 is 2.17 bits per heavy atom. The Labute approximate surface area is 144 Å². The van der Waals surface area contributed by atoms with Crippen LogP contribution in [-0.2, 0) is 20.9 Å². The second-order valence-corrected chi connectivity index (χ2v) is 6.25. The van der Waals surface area contributed by atoms with E-state index in [4.69, 9.17) is 4.74 Å². The van der Waals surface area contributed by atoms with Gasteiger partial charge in [0, 0.05) is 18.0 Å². The number of hydrogen-bond acceptors (Lipinski definition) is 5. The Hall–Kier alpha value is -2.47. The van der Waals surface area contributed by atoms with Crippen LogP contribution in [-0.4, -0.2) is 34.3 Å². The lowest BCUT2D eigenvalue weighted by atomic mass is 10.2. The summed E-state index contributed by atoms with van der Waals surface area (Å²) in [7, 11) is 0. The summed E-state index contributed by atoms with van der Waals surface area (Å²) < 4.78 is 5.38. The number of carbonyl (C=O) groups excluding carboxylic acids is 2. The monoisotopic (exact) mass is 342 g/mol. The van der Waals surface area contributed by atoms with Crippen molar-refractivity contribution in [2.24, 2.45) is 0 Å². The highest BCUT2D eigenvalue weighted by Crippen LogP contribution is 2.20. The van der Waals surface area contributed by atoms with Gasteiger partial charge >= 0.3 is 5.97 Å². The number of ether oxygens (including phenoxy) is 1. The average Bonchev–Trinajstić information content (AvgIpc) is 3.30. The number of likely N-dealkylation sites (tertiary alicyclic amines) is 1. The molecule has 1 aromatic heterocycles. The summed E-state index contributed by atoms with van der Waals surface area (Å²) in [5.41, 5.74) is 3.39. The van der Waals surface area contributed by atoms with Gasteiger partial charge in [0.05, 0.1) is 11.2 Å². The minimum Gasteiger partial charge on any atom is -0.459 e. The summed E-state index contributed by atoms with van der Waals surface area (Å²) in [5.74, 6) is -0.520. The van der Waals surface area contributed by atoms with Crippen molar-refractivity contribution in [3.63, 3.8) is 0 Å². The zero-order chi connectivity index (χ0) is 16.8. The van der Waals surface area contributed by atoms with Crippen molar-refractivity contribution in [3.8, 4) is 0 Å². The number of rotatable bonds is 5. The Bertz CT molecular complexity index is 713. The molecule has 0 aliphatic carbocycles. The van der Waals surface area contributed by atoms with E-state index < -0.39 is 6.04 Å². The number of thiazole rings is 1. The van der Waals surface area contributed by atoms with Crippen molar-refractivity contribution >= 4 is 29.3 Å². The summed E-state index contributed by atoms with van der Waals surface area (Å²) >= 11 is 1.47. The molecule has 24 heavy (non-hydrogen) atoms. The molecule has 2 heterocycles. The summed E-state index contributed by atoms with van der Waals surface area (Å²) in [4.78, 5) is 30.3. The molecule has 1 saturated heterocycles. The molecule has 1 fully saturated rings. The Morgan fingerprint density at radius 1 is 1.33 bits per heavy atom. The number of esters is 1. The lowest BCUT2D eigenvalue weighted by molar-refractivity contribution is -0.153. The maximum Gasteiger partial charge on any atom is 0.329 e. The number of carbonyl (C=O) groups is 2. The zero-order valence-corrected chi connectivity index (χ0v) is 13.9. The number of nitrogens with zero attached hydrogens (tertiary/aromatic N) is 2. The van der Waals surface area contributed by atoms with Gasteiger partial charge in [0.2, 0.25) is 5.91 Å². The highest BCUT2D eigenvalue weighted by Gasteiger charge is 2.34. The summed E-state index contributed by atoms with van der Waals surface area (Å²) in [6, 6.07) is 9.02. The first kappa shape index (κ1) is 16.4. The number of aromatic nitrogens is 1. The molecule has 1 aliphatic heterocycles. The van der Waals surface area contributed by atoms with E-state index >= 15 is 0 Å². The SMILES string of the molecule is O=C(OCc1ccccc1)[C@@H]1CCCN1C(=O)/C=C\c1cscn1. The first-order valence-corrected chi connectivity index (χ1v) is 8.76. The van der Waals surface area contributed by atoms with Gasteiger partial charge in [-0.3, -0.25) is 4.79 Å². The molecule has 0 bridgehead atoms. The van der Waals surface area contributed by atoms with Crippen LogP contribution in [0.4, 0.5) is 0 Å². The van der Waals surface area contributed by atoms with Crippen LogP contribution in [0.25, 0.3) is 6.08 Å². The van der Waals surface area contributed by atoms with Gasteiger partial charge in [0.1, 0.15) is 12.6 Å². The highest BCUT2D eigenvalue weighted by atomic mass is 32.1. The van der Waals surface area contributed by atoms with E-state index in [2.05, 4.69) is 4.98 Å². The van der Waals surface area contributed by atoms with Gasteiger partial charge in [0.25, 0.3) is 0 Å². The van der Waals surface area contributed by atoms with Crippen LogP contribution in [0.3, 0.4) is 0 Å². The molecule has 2 aromatic rings. The maximum atomic E-state index is 12.3. The molecule has 1 amide bonds. The molecular formula is C18H18N2O3S. The zero-order valence-electron chi connectivity index (χ0n) is 13.1. The molecule has 0 unspecified atom stereocenters. The largest absolute Gasteiger partial charge is 0.459 e. The molecule has 1 aromatic carbocycles. The van der Waals surface area contributed by atoms with Gasteiger partial charge in [0.15, 0.2) is 0 Å². The van der Waals surface area contributed by atoms with Crippen molar-refractivity contribution in [1.29, 1.82) is 0 Å². The molecule has 0 radical (unpaired) electrons. The van der Waals surface area contributed by atoms with Crippen LogP contribution >= 0.6 is 11.3 Å². The number of hydrogen-bond donors (Lipinski definition) is 0. The topological polar surface area (TPSA) is 59.5 Å². The van der Waals surface area contributed by atoms with Crippen molar-refractivity contribution in [3.05, 3.63) is 58.6 Å². The van der Waals surface area contributed by atoms with Crippen molar-refractivity contribution < 1.29 is 14.3 Å². The first-order valence-electron chi connectivity index (χ1n) is 7.81. The van der Waals surface area contributed by atoms with Crippen LogP contribution in [0.1, 0.15) is 24.1 Å². The minimum atomic E-state index is -0.499. The van der Waals surface area contributed by atoms with Crippen LogP contribution < -0.4 is 0 Å². The predicted octanol–water partition coefficient (Wildman–Crippen LogP) is 2.89. The Morgan fingerprint density at radius 3 is 2.92 bits per heavy atom. The summed E-state index contributed by atoms with van der Waals surface area (Å²) in [6.07, 6.45) is 4.59. The van der Waals surface area contributed by atoms with Gasteiger partial charge in [-0.1, -0.05) is 30.3 Å². The van der Waals surface area contributed by atoms with E-state index in [-0.39, 0.29) is 18.5 Å². The van der Waals surface area contributed by atoms with Crippen LogP contribution in [0.5, 0.6) is 0 Å². The number of amides is 1. The molecule has 1 atom stereocenters. The molecular weight excluding hydrogens is 324 g/mol. The second kappa shape index (κ2) is 7.88. The van der Waals surface area contributed by atoms with Crippen LogP contribution in [0.15, 0.2) is 47.3 Å². The Balaban J connectivity index is 1.58. The fourth-order valence-electron chi connectivity index (χ4n) is 2.66. The first-order chi connectivity index (χ1) is 11.7. The van der Waals surface area contributed by atoms with Gasteiger partial charge in [-0.15, -0.1) is 11.3 Å². The van der Waals surface area contributed by atoms with Crippen LogP contribution in [0.2, 0.25) is 0 Å². The smallest absolute Gasteiger partial charge is 0.329 e. The quantitative estimate of drug-likeness (QED) is 0.619. The van der Waals surface area contributed by atoms with Crippen molar-refractivity contribution in [1.82, 2.24) is 9.88 Å². The van der Waals surface area contributed by atoms with Crippen molar-refractivity contribution in [2.75, 3.05) is 6.54 Å². The third-order valence-corrected chi connectivity index (χ3v) is 4.48. The average molecular weight is 342 g/mol. The second-order valence-electron chi connectivity index (χ2n) is 5.53. The van der Waals surface area contributed by atoms with Crippen molar-refractivity contribution in [2.45, 2.75) is 25.5 Å². The lowest BCUT2D eigenvalue weighted by Gasteiger charge is -2.21. The lowest BCUT2D eigenvalue weighted by Crippen LogP contribution is -2.40. The van der Waals surface area contributed by atoms with Gasteiger partial charge in [-0.25, -0.2) is 9.78 Å².